The zero-order valence-electron chi connectivity index (χ0n) is 5.83. The highest BCUT2D eigenvalue weighted by Crippen LogP contribution is 1.91. The van der Waals surface area contributed by atoms with Crippen molar-refractivity contribution in [3.8, 4) is 0 Å². The number of hydrogen-bond acceptors (Lipinski definition) is 3. The molecule has 0 aromatic rings. The SMILES string of the molecule is CSC=CC(=O)NCCO. The van der Waals surface area contributed by atoms with Crippen LogP contribution in [0.4, 0.5) is 0 Å². The Morgan fingerprint density at radius 1 is 1.80 bits per heavy atom. The number of nitrogens with one attached hydrogen (secondary N) is 1. The summed E-state index contributed by atoms with van der Waals surface area (Å²) in [7, 11) is 0. The molecule has 4 heteroatoms. The van der Waals surface area contributed by atoms with E-state index in [0.717, 1.165) is 0 Å². The highest BCUT2D eigenvalue weighted by atomic mass is 32.2. The Labute approximate surface area is 64.5 Å². The van der Waals surface area contributed by atoms with Gasteiger partial charge in [-0.3, -0.25) is 4.79 Å². The van der Waals surface area contributed by atoms with Gasteiger partial charge in [-0.15, -0.1) is 11.8 Å². The van der Waals surface area contributed by atoms with Crippen LogP contribution in [0.15, 0.2) is 11.5 Å². The molecule has 0 unspecified atom stereocenters. The van der Waals surface area contributed by atoms with E-state index in [1.807, 2.05) is 6.26 Å². The van der Waals surface area contributed by atoms with Gasteiger partial charge in [0.2, 0.25) is 5.91 Å². The van der Waals surface area contributed by atoms with Crippen LogP contribution in [0.2, 0.25) is 0 Å². The first-order chi connectivity index (χ1) is 4.81. The summed E-state index contributed by atoms with van der Waals surface area (Å²) in [6, 6.07) is 0. The average molecular weight is 161 g/mol. The number of carbonyl (C=O) groups is 1. The van der Waals surface area contributed by atoms with Gasteiger partial charge in [0.25, 0.3) is 0 Å². The van der Waals surface area contributed by atoms with E-state index < -0.39 is 0 Å². The Morgan fingerprint density at radius 2 is 2.50 bits per heavy atom. The van der Waals surface area contributed by atoms with Crippen molar-refractivity contribution in [1.82, 2.24) is 5.32 Å². The Kier molecular flexibility index (Phi) is 6.32. The fraction of sp³-hybridized carbons (Fsp3) is 0.500. The third kappa shape index (κ3) is 5.65. The van der Waals surface area contributed by atoms with Crippen LogP contribution in [0.25, 0.3) is 0 Å². The molecule has 0 aromatic heterocycles. The fourth-order valence-corrected chi connectivity index (χ4v) is 0.628. The maximum Gasteiger partial charge on any atom is 0.244 e. The van der Waals surface area contributed by atoms with Gasteiger partial charge < -0.3 is 10.4 Å². The van der Waals surface area contributed by atoms with Crippen molar-refractivity contribution in [3.05, 3.63) is 11.5 Å². The fourth-order valence-electron chi connectivity index (χ4n) is 0.368. The molecule has 10 heavy (non-hydrogen) atoms. The lowest BCUT2D eigenvalue weighted by Crippen LogP contribution is -2.24. The molecule has 0 atom stereocenters. The van der Waals surface area contributed by atoms with Crippen LogP contribution in [0.3, 0.4) is 0 Å². The molecule has 0 saturated carbocycles. The monoisotopic (exact) mass is 161 g/mol. The summed E-state index contributed by atoms with van der Waals surface area (Å²) in [6.45, 7) is 0.302. The molecule has 0 bridgehead atoms. The Morgan fingerprint density at radius 3 is 3.00 bits per heavy atom. The summed E-state index contributed by atoms with van der Waals surface area (Å²) in [5.41, 5.74) is 0. The summed E-state index contributed by atoms with van der Waals surface area (Å²) in [6.07, 6.45) is 3.30. The molecule has 3 nitrogen and oxygen atoms in total. The summed E-state index contributed by atoms with van der Waals surface area (Å²) in [5.74, 6) is -0.164. The van der Waals surface area contributed by atoms with Gasteiger partial charge in [-0.25, -0.2) is 0 Å². The van der Waals surface area contributed by atoms with Gasteiger partial charge >= 0.3 is 0 Å². The Hall–Kier alpha value is -0.480. The third-order valence-electron chi connectivity index (χ3n) is 0.767. The van der Waals surface area contributed by atoms with E-state index in [-0.39, 0.29) is 12.5 Å². The van der Waals surface area contributed by atoms with E-state index in [4.69, 9.17) is 5.11 Å². The zero-order valence-corrected chi connectivity index (χ0v) is 6.65. The van der Waals surface area contributed by atoms with Gasteiger partial charge in [-0.2, -0.15) is 0 Å². The molecule has 0 fully saturated rings. The number of amides is 1. The predicted octanol–water partition coefficient (Wildman–Crippen LogP) is -0.0284. The molecule has 0 spiro atoms. The Bertz CT molecular complexity index is 125. The van der Waals surface area contributed by atoms with Crippen molar-refractivity contribution < 1.29 is 9.90 Å². The molecule has 0 rings (SSSR count). The van der Waals surface area contributed by atoms with E-state index in [1.54, 1.807) is 5.41 Å². The first-order valence-corrected chi connectivity index (χ1v) is 4.18. The lowest BCUT2D eigenvalue weighted by atomic mass is 10.5. The van der Waals surface area contributed by atoms with E-state index in [0.29, 0.717) is 6.54 Å². The average Bonchev–Trinajstić information content (AvgIpc) is 1.97. The smallest absolute Gasteiger partial charge is 0.244 e. The molecule has 0 aromatic carbocycles. The first kappa shape index (κ1) is 9.52. The lowest BCUT2D eigenvalue weighted by Gasteiger charge is -1.95. The van der Waals surface area contributed by atoms with Crippen LogP contribution in [-0.4, -0.2) is 30.4 Å². The maximum atomic E-state index is 10.6. The summed E-state index contributed by atoms with van der Waals surface area (Å²) >= 11 is 1.46. The van der Waals surface area contributed by atoms with E-state index in [9.17, 15) is 4.79 Å². The quantitative estimate of drug-likeness (QED) is 0.569. The van der Waals surface area contributed by atoms with E-state index >= 15 is 0 Å². The topological polar surface area (TPSA) is 49.3 Å². The molecular weight excluding hydrogens is 150 g/mol. The second-order valence-electron chi connectivity index (χ2n) is 1.55. The molecule has 0 saturated heterocycles. The molecule has 0 aliphatic rings. The normalized spacial score (nSPS) is 10.2. The van der Waals surface area contributed by atoms with Gasteiger partial charge in [0, 0.05) is 12.6 Å². The third-order valence-corrected chi connectivity index (χ3v) is 1.17. The van der Waals surface area contributed by atoms with Crippen LogP contribution >= 0.6 is 11.8 Å². The standard InChI is InChI=1S/C6H11NO2S/c1-10-5-2-6(9)7-3-4-8/h2,5,8H,3-4H2,1H3,(H,7,9). The van der Waals surface area contributed by atoms with Gasteiger partial charge in [0.05, 0.1) is 6.61 Å². The van der Waals surface area contributed by atoms with Crippen LogP contribution in [0, 0.1) is 0 Å². The second-order valence-corrected chi connectivity index (χ2v) is 2.30. The predicted molar refractivity (Wildman–Crippen MR) is 42.8 cm³/mol. The Balaban J connectivity index is 3.34. The second kappa shape index (κ2) is 6.64. The summed E-state index contributed by atoms with van der Waals surface area (Å²) in [4.78, 5) is 10.6. The van der Waals surface area contributed by atoms with Gasteiger partial charge in [0.1, 0.15) is 0 Å². The number of aliphatic hydroxyl groups excluding tert-OH is 1. The summed E-state index contributed by atoms with van der Waals surface area (Å²) < 4.78 is 0. The molecule has 0 aliphatic heterocycles. The van der Waals surface area contributed by atoms with Crippen LogP contribution in [0.5, 0.6) is 0 Å². The minimum absolute atomic E-state index is 0.0150. The minimum atomic E-state index is -0.164. The first-order valence-electron chi connectivity index (χ1n) is 2.89. The number of rotatable bonds is 4. The maximum absolute atomic E-state index is 10.6. The molecule has 2 N–H and O–H groups in total. The van der Waals surface area contributed by atoms with Crippen LogP contribution in [0.1, 0.15) is 0 Å². The number of hydrogen-bond donors (Lipinski definition) is 2. The van der Waals surface area contributed by atoms with E-state index in [1.165, 1.54) is 17.8 Å². The zero-order chi connectivity index (χ0) is 7.82. The molecule has 0 radical (unpaired) electrons. The van der Waals surface area contributed by atoms with Crippen molar-refractivity contribution >= 4 is 17.7 Å². The van der Waals surface area contributed by atoms with Gasteiger partial charge in [-0.1, -0.05) is 0 Å². The van der Waals surface area contributed by atoms with Crippen molar-refractivity contribution in [2.75, 3.05) is 19.4 Å². The van der Waals surface area contributed by atoms with Crippen molar-refractivity contribution in [2.45, 2.75) is 0 Å². The van der Waals surface area contributed by atoms with Gasteiger partial charge in [0.15, 0.2) is 0 Å². The van der Waals surface area contributed by atoms with Crippen LogP contribution < -0.4 is 5.32 Å². The molecule has 1 amide bonds. The van der Waals surface area contributed by atoms with Crippen molar-refractivity contribution in [2.24, 2.45) is 0 Å². The largest absolute Gasteiger partial charge is 0.395 e. The molecule has 0 aliphatic carbocycles. The van der Waals surface area contributed by atoms with Crippen LogP contribution in [-0.2, 0) is 4.79 Å². The highest BCUT2D eigenvalue weighted by molar-refractivity contribution is 8.01. The van der Waals surface area contributed by atoms with E-state index in [2.05, 4.69) is 5.32 Å². The number of thioether (sulfide) groups is 1. The molecule has 58 valence electrons. The van der Waals surface area contributed by atoms with Crippen molar-refractivity contribution in [3.63, 3.8) is 0 Å². The minimum Gasteiger partial charge on any atom is -0.395 e. The number of carbonyl (C=O) groups excluding carboxylic acids is 1. The summed E-state index contributed by atoms with van der Waals surface area (Å²) in [5, 5.41) is 12.5. The van der Waals surface area contributed by atoms with Gasteiger partial charge in [-0.05, 0) is 11.7 Å². The highest BCUT2D eigenvalue weighted by Gasteiger charge is 1.89. The van der Waals surface area contributed by atoms with Crippen molar-refractivity contribution in [1.29, 1.82) is 0 Å². The lowest BCUT2D eigenvalue weighted by molar-refractivity contribution is -0.116. The molecular formula is C6H11NO2S. The number of aliphatic hydroxyl groups is 1. The molecule has 0 heterocycles.